The molecular formula is C37H44. The van der Waals surface area contributed by atoms with Crippen LogP contribution in [0.15, 0.2) is 84.9 Å². The number of hydrogen-bond acceptors (Lipinski definition) is 0. The van der Waals surface area contributed by atoms with Crippen LogP contribution in [-0.4, -0.2) is 0 Å². The maximum atomic E-state index is 2.55. The van der Waals surface area contributed by atoms with Gasteiger partial charge in [-0.15, -0.1) is 0 Å². The van der Waals surface area contributed by atoms with Gasteiger partial charge in [0, 0.05) is 0 Å². The van der Waals surface area contributed by atoms with Crippen LogP contribution in [0.4, 0.5) is 0 Å². The van der Waals surface area contributed by atoms with Gasteiger partial charge >= 0.3 is 0 Å². The Hall–Kier alpha value is -2.60. The Balaban J connectivity index is 1.02. The minimum atomic E-state index is 0.845. The van der Waals surface area contributed by atoms with Gasteiger partial charge in [0.2, 0.25) is 0 Å². The lowest BCUT2D eigenvalue weighted by atomic mass is 9.66. The molecule has 0 aliphatic heterocycles. The molecule has 4 aromatic rings. The maximum absolute atomic E-state index is 2.55. The van der Waals surface area contributed by atoms with Gasteiger partial charge in [-0.3, -0.25) is 0 Å². The molecule has 4 aromatic carbocycles. The molecule has 192 valence electrons. The lowest BCUT2D eigenvalue weighted by Gasteiger charge is -2.39. The summed E-state index contributed by atoms with van der Waals surface area (Å²) in [6, 6.07) is 31.7. The van der Waals surface area contributed by atoms with Crippen molar-refractivity contribution in [2.75, 3.05) is 0 Å². The minimum absolute atomic E-state index is 0.845. The molecule has 0 N–H and O–H groups in total. The zero-order valence-corrected chi connectivity index (χ0v) is 22.9. The van der Waals surface area contributed by atoms with Crippen LogP contribution in [0, 0.1) is 35.5 Å². The first kappa shape index (κ1) is 24.7. The average molecular weight is 489 g/mol. The topological polar surface area (TPSA) is 0 Å². The molecule has 2 aliphatic carbocycles. The van der Waals surface area contributed by atoms with E-state index in [4.69, 9.17) is 0 Å². The van der Waals surface area contributed by atoms with E-state index >= 15 is 0 Å². The Labute approximate surface area is 224 Å². The molecule has 37 heavy (non-hydrogen) atoms. The predicted molar refractivity (Wildman–Crippen MR) is 160 cm³/mol. The molecule has 0 radical (unpaired) electrons. The second-order valence-electron chi connectivity index (χ2n) is 12.8. The van der Waals surface area contributed by atoms with Gasteiger partial charge in [0.25, 0.3) is 0 Å². The molecule has 2 saturated carbocycles. The number of hydrogen-bond donors (Lipinski definition) is 0. The van der Waals surface area contributed by atoms with Crippen molar-refractivity contribution in [1.82, 2.24) is 0 Å². The van der Waals surface area contributed by atoms with E-state index in [0.29, 0.717) is 0 Å². The van der Waals surface area contributed by atoms with Crippen molar-refractivity contribution in [3.63, 3.8) is 0 Å². The van der Waals surface area contributed by atoms with Gasteiger partial charge in [-0.2, -0.15) is 0 Å². The summed E-state index contributed by atoms with van der Waals surface area (Å²) in [7, 11) is 0. The molecule has 2 fully saturated rings. The van der Waals surface area contributed by atoms with Crippen LogP contribution in [0.3, 0.4) is 0 Å². The van der Waals surface area contributed by atoms with Gasteiger partial charge in [0.15, 0.2) is 0 Å². The van der Waals surface area contributed by atoms with E-state index in [-0.39, 0.29) is 0 Å². The fraction of sp³-hybridized carbons (Fsp3) is 0.459. The first-order chi connectivity index (χ1) is 18.1. The van der Waals surface area contributed by atoms with Crippen LogP contribution in [0.2, 0.25) is 0 Å². The van der Waals surface area contributed by atoms with Crippen molar-refractivity contribution in [3.05, 3.63) is 96.1 Å². The van der Waals surface area contributed by atoms with E-state index in [2.05, 4.69) is 98.8 Å². The van der Waals surface area contributed by atoms with Crippen LogP contribution >= 0.6 is 0 Å². The fourth-order valence-electron chi connectivity index (χ4n) is 8.15. The first-order valence-corrected chi connectivity index (χ1v) is 15.1. The van der Waals surface area contributed by atoms with Crippen molar-refractivity contribution >= 4 is 21.5 Å². The predicted octanol–water partition coefficient (Wildman–Crippen LogP) is 10.3. The summed E-state index contributed by atoms with van der Waals surface area (Å²) >= 11 is 0. The first-order valence-electron chi connectivity index (χ1n) is 15.1. The SMILES string of the molecule is CC1CC(CC2CCC(Cc3cccc4ccccc34)C(C)C2)CCC1Cc1cccc2ccccc12. The summed E-state index contributed by atoms with van der Waals surface area (Å²) in [5.41, 5.74) is 3.12. The van der Waals surface area contributed by atoms with E-state index < -0.39 is 0 Å². The Morgan fingerprint density at radius 2 is 0.946 bits per heavy atom. The van der Waals surface area contributed by atoms with E-state index in [1.165, 1.54) is 79.3 Å². The van der Waals surface area contributed by atoms with Crippen molar-refractivity contribution in [2.24, 2.45) is 35.5 Å². The molecule has 0 saturated heterocycles. The van der Waals surface area contributed by atoms with Crippen LogP contribution in [0.25, 0.3) is 21.5 Å². The molecular weight excluding hydrogens is 444 g/mol. The fourth-order valence-corrected chi connectivity index (χ4v) is 8.15. The summed E-state index contributed by atoms with van der Waals surface area (Å²) in [6.45, 7) is 5.09. The third-order valence-corrected chi connectivity index (χ3v) is 10.3. The second-order valence-corrected chi connectivity index (χ2v) is 12.8. The summed E-state index contributed by atoms with van der Waals surface area (Å²) in [5.74, 6) is 5.28. The van der Waals surface area contributed by atoms with Crippen LogP contribution in [-0.2, 0) is 12.8 Å². The van der Waals surface area contributed by atoms with E-state index in [0.717, 1.165) is 35.5 Å². The van der Waals surface area contributed by atoms with Gasteiger partial charge < -0.3 is 0 Å². The Morgan fingerprint density at radius 1 is 0.514 bits per heavy atom. The lowest BCUT2D eigenvalue weighted by molar-refractivity contribution is 0.129. The summed E-state index contributed by atoms with van der Waals surface area (Å²) in [5, 5.41) is 5.72. The molecule has 6 atom stereocenters. The molecule has 0 heteroatoms. The van der Waals surface area contributed by atoms with E-state index in [9.17, 15) is 0 Å². The van der Waals surface area contributed by atoms with E-state index in [1.54, 1.807) is 11.1 Å². The lowest BCUT2D eigenvalue weighted by Crippen LogP contribution is -2.29. The molecule has 0 aromatic heterocycles. The molecule has 6 rings (SSSR count). The molecule has 0 bridgehead atoms. The zero-order chi connectivity index (χ0) is 25.2. The minimum Gasteiger partial charge on any atom is -0.0622 e. The van der Waals surface area contributed by atoms with Gasteiger partial charge in [-0.05, 0) is 113 Å². The second kappa shape index (κ2) is 11.0. The van der Waals surface area contributed by atoms with Gasteiger partial charge in [0.05, 0.1) is 0 Å². The molecule has 0 nitrogen and oxygen atoms in total. The highest BCUT2D eigenvalue weighted by Gasteiger charge is 2.33. The highest BCUT2D eigenvalue weighted by atomic mass is 14.4. The molecule has 0 heterocycles. The molecule has 6 unspecified atom stereocenters. The summed E-state index contributed by atoms with van der Waals surface area (Å²) < 4.78 is 0. The summed E-state index contributed by atoms with van der Waals surface area (Å²) in [6.07, 6.45) is 12.6. The van der Waals surface area contributed by atoms with Crippen LogP contribution < -0.4 is 0 Å². The van der Waals surface area contributed by atoms with Crippen molar-refractivity contribution in [2.45, 2.75) is 71.6 Å². The van der Waals surface area contributed by atoms with Crippen LogP contribution in [0.1, 0.15) is 69.9 Å². The standard InChI is InChI=1S/C37H44/c1-26-21-28(17-19-32(26)24-34-13-7-11-30-9-3-5-15-36(30)34)23-29-18-20-33(27(2)22-29)25-35-14-8-12-31-10-4-6-16-37(31)35/h3-16,26-29,32-33H,17-25H2,1-2H3. The summed E-state index contributed by atoms with van der Waals surface area (Å²) in [4.78, 5) is 0. The van der Waals surface area contributed by atoms with Crippen molar-refractivity contribution in [3.8, 4) is 0 Å². The average Bonchev–Trinajstić information content (AvgIpc) is 2.92. The van der Waals surface area contributed by atoms with Crippen molar-refractivity contribution in [1.29, 1.82) is 0 Å². The third kappa shape index (κ3) is 5.50. The monoisotopic (exact) mass is 488 g/mol. The number of benzene rings is 4. The van der Waals surface area contributed by atoms with Gasteiger partial charge in [0.1, 0.15) is 0 Å². The Morgan fingerprint density at radius 3 is 1.41 bits per heavy atom. The maximum Gasteiger partial charge on any atom is -0.0152 e. The number of rotatable bonds is 6. The molecule has 2 aliphatic rings. The quantitative estimate of drug-likeness (QED) is 0.253. The Kier molecular flexibility index (Phi) is 7.36. The van der Waals surface area contributed by atoms with Crippen molar-refractivity contribution < 1.29 is 0 Å². The number of fused-ring (bicyclic) bond motifs is 2. The third-order valence-electron chi connectivity index (χ3n) is 10.3. The molecule has 0 amide bonds. The van der Waals surface area contributed by atoms with E-state index in [1.807, 2.05) is 0 Å². The highest BCUT2D eigenvalue weighted by Crippen LogP contribution is 2.44. The van der Waals surface area contributed by atoms with Crippen LogP contribution in [0.5, 0.6) is 0 Å². The smallest absolute Gasteiger partial charge is 0.0152 e. The Bertz CT molecular complexity index is 1220. The largest absolute Gasteiger partial charge is 0.0622 e. The van der Waals surface area contributed by atoms with Gasteiger partial charge in [-0.25, -0.2) is 0 Å². The molecule has 0 spiro atoms. The van der Waals surface area contributed by atoms with Gasteiger partial charge in [-0.1, -0.05) is 112 Å². The zero-order valence-electron chi connectivity index (χ0n) is 22.9. The highest BCUT2D eigenvalue weighted by molar-refractivity contribution is 5.86. The normalized spacial score (nSPS) is 28.5.